The van der Waals surface area contributed by atoms with Gasteiger partial charge < -0.3 is 19.6 Å². The zero-order chi connectivity index (χ0) is 18.5. The fraction of sp³-hybridized carbons (Fsp3) is 0.158. The number of hydrogen-bond donors (Lipinski definition) is 3. The van der Waals surface area contributed by atoms with Crippen molar-refractivity contribution in [2.45, 2.75) is 6.92 Å². The maximum Gasteiger partial charge on any atom is 0.287 e. The molecule has 0 saturated heterocycles. The number of fused-ring (bicyclic) bond motifs is 1. The summed E-state index contributed by atoms with van der Waals surface area (Å²) in [6.07, 6.45) is 1.35. The molecule has 7 nitrogen and oxygen atoms in total. The molecular formula is C19H19N3O4. The highest BCUT2D eigenvalue weighted by Crippen LogP contribution is 2.28. The number of nitrogens with zero attached hydrogens (tertiary/aromatic N) is 1. The van der Waals surface area contributed by atoms with E-state index in [9.17, 15) is 9.90 Å². The zero-order valence-corrected chi connectivity index (χ0v) is 14.4. The quantitative estimate of drug-likeness (QED) is 0.469. The summed E-state index contributed by atoms with van der Waals surface area (Å²) in [7, 11) is 1.46. The molecule has 134 valence electrons. The number of carbonyl (C=O) groups is 1. The van der Waals surface area contributed by atoms with Crippen molar-refractivity contribution >= 4 is 23.0 Å². The Morgan fingerprint density at radius 3 is 2.92 bits per heavy atom. The highest BCUT2D eigenvalue weighted by molar-refractivity contribution is 5.98. The van der Waals surface area contributed by atoms with Crippen molar-refractivity contribution in [2.24, 2.45) is 5.10 Å². The zero-order valence-electron chi connectivity index (χ0n) is 14.4. The fourth-order valence-corrected chi connectivity index (χ4v) is 2.52. The number of aromatic hydroxyl groups is 1. The number of amides is 1. The SMILES string of the molecule is CCOc1ccc2[nH]c(C(=O)N/N=C\c3cccc(OC)c3O)cc2c1. The number of phenols is 1. The van der Waals surface area contributed by atoms with E-state index in [0.29, 0.717) is 23.6 Å². The second-order valence-corrected chi connectivity index (χ2v) is 5.46. The van der Waals surface area contributed by atoms with E-state index in [1.165, 1.54) is 13.3 Å². The Morgan fingerprint density at radius 2 is 2.15 bits per heavy atom. The maximum absolute atomic E-state index is 12.2. The van der Waals surface area contributed by atoms with Gasteiger partial charge in [-0.2, -0.15) is 5.10 Å². The molecule has 3 rings (SSSR count). The van der Waals surface area contributed by atoms with E-state index in [4.69, 9.17) is 9.47 Å². The Morgan fingerprint density at radius 1 is 1.31 bits per heavy atom. The summed E-state index contributed by atoms with van der Waals surface area (Å²) in [5.41, 5.74) is 4.06. The molecule has 26 heavy (non-hydrogen) atoms. The first-order chi connectivity index (χ1) is 12.6. The van der Waals surface area contributed by atoms with Gasteiger partial charge in [0, 0.05) is 16.5 Å². The first-order valence-electron chi connectivity index (χ1n) is 8.07. The molecule has 7 heteroatoms. The van der Waals surface area contributed by atoms with E-state index < -0.39 is 5.91 Å². The van der Waals surface area contributed by atoms with Crippen LogP contribution >= 0.6 is 0 Å². The third kappa shape index (κ3) is 3.61. The van der Waals surface area contributed by atoms with Gasteiger partial charge in [0.25, 0.3) is 5.91 Å². The molecule has 0 aliphatic rings. The van der Waals surface area contributed by atoms with E-state index in [0.717, 1.165) is 16.7 Å². The largest absolute Gasteiger partial charge is 0.504 e. The Balaban J connectivity index is 1.73. The minimum Gasteiger partial charge on any atom is -0.504 e. The number of aromatic amines is 1. The van der Waals surface area contributed by atoms with Crippen LogP contribution in [0.4, 0.5) is 0 Å². The van der Waals surface area contributed by atoms with Crippen LogP contribution in [0.15, 0.2) is 47.6 Å². The summed E-state index contributed by atoms with van der Waals surface area (Å²) in [4.78, 5) is 15.3. The molecule has 0 aliphatic heterocycles. The maximum atomic E-state index is 12.2. The lowest BCUT2D eigenvalue weighted by atomic mass is 10.2. The van der Waals surface area contributed by atoms with E-state index in [1.54, 1.807) is 24.3 Å². The Labute approximate surface area is 150 Å². The molecule has 0 atom stereocenters. The van der Waals surface area contributed by atoms with Crippen molar-refractivity contribution in [2.75, 3.05) is 13.7 Å². The van der Waals surface area contributed by atoms with E-state index in [-0.39, 0.29) is 5.75 Å². The van der Waals surface area contributed by atoms with Gasteiger partial charge in [-0.3, -0.25) is 4.79 Å². The average Bonchev–Trinajstić information content (AvgIpc) is 3.07. The molecular weight excluding hydrogens is 334 g/mol. The average molecular weight is 353 g/mol. The summed E-state index contributed by atoms with van der Waals surface area (Å²) in [6, 6.07) is 12.3. The smallest absolute Gasteiger partial charge is 0.287 e. The molecule has 0 unspecified atom stereocenters. The number of para-hydroxylation sites is 1. The predicted octanol–water partition coefficient (Wildman–Crippen LogP) is 3.04. The lowest BCUT2D eigenvalue weighted by molar-refractivity contribution is 0.0951. The van der Waals surface area contributed by atoms with Gasteiger partial charge in [-0.25, -0.2) is 5.43 Å². The molecule has 1 amide bonds. The number of phenolic OH excluding ortho intramolecular Hbond substituents is 1. The van der Waals surface area contributed by atoms with Crippen LogP contribution < -0.4 is 14.9 Å². The second-order valence-electron chi connectivity index (χ2n) is 5.46. The van der Waals surface area contributed by atoms with Gasteiger partial charge in [-0.1, -0.05) is 6.07 Å². The van der Waals surface area contributed by atoms with Gasteiger partial charge in [0.2, 0.25) is 0 Å². The van der Waals surface area contributed by atoms with Crippen molar-refractivity contribution in [1.29, 1.82) is 0 Å². The summed E-state index contributed by atoms with van der Waals surface area (Å²) in [6.45, 7) is 2.49. The van der Waals surface area contributed by atoms with Gasteiger partial charge in [0.15, 0.2) is 11.5 Å². The third-order valence-corrected chi connectivity index (χ3v) is 3.77. The highest BCUT2D eigenvalue weighted by Gasteiger charge is 2.10. The predicted molar refractivity (Wildman–Crippen MR) is 99.2 cm³/mol. The summed E-state index contributed by atoms with van der Waals surface area (Å²) in [5.74, 6) is 0.651. The van der Waals surface area contributed by atoms with Gasteiger partial charge in [-0.15, -0.1) is 0 Å². The third-order valence-electron chi connectivity index (χ3n) is 3.77. The van der Waals surface area contributed by atoms with Crippen LogP contribution in [0.1, 0.15) is 23.0 Å². The van der Waals surface area contributed by atoms with Crippen molar-refractivity contribution < 1.29 is 19.4 Å². The van der Waals surface area contributed by atoms with Crippen LogP contribution in [-0.4, -0.2) is 35.9 Å². The number of methoxy groups -OCH3 is 1. The molecule has 1 aromatic heterocycles. The molecule has 0 fully saturated rings. The van der Waals surface area contributed by atoms with Crippen LogP contribution in [0.5, 0.6) is 17.2 Å². The van der Waals surface area contributed by atoms with Crippen LogP contribution in [0.25, 0.3) is 10.9 Å². The van der Waals surface area contributed by atoms with Crippen LogP contribution in [0.3, 0.4) is 0 Å². The highest BCUT2D eigenvalue weighted by atomic mass is 16.5. The lowest BCUT2D eigenvalue weighted by Gasteiger charge is -2.04. The Kier molecular flexibility index (Phi) is 5.07. The molecule has 0 spiro atoms. The van der Waals surface area contributed by atoms with Crippen molar-refractivity contribution in [1.82, 2.24) is 10.4 Å². The Bertz CT molecular complexity index is 963. The van der Waals surface area contributed by atoms with E-state index in [1.807, 2.05) is 25.1 Å². The van der Waals surface area contributed by atoms with Gasteiger partial charge in [0.1, 0.15) is 11.4 Å². The van der Waals surface area contributed by atoms with Gasteiger partial charge in [0.05, 0.1) is 19.9 Å². The monoisotopic (exact) mass is 353 g/mol. The van der Waals surface area contributed by atoms with Gasteiger partial charge in [-0.05, 0) is 43.3 Å². The molecule has 3 aromatic rings. The number of hydrazone groups is 1. The number of nitrogens with one attached hydrogen (secondary N) is 2. The number of hydrogen-bond acceptors (Lipinski definition) is 5. The molecule has 2 aromatic carbocycles. The number of H-pyrrole nitrogens is 1. The normalized spacial score (nSPS) is 11.0. The standard InChI is InChI=1S/C19H19N3O4/c1-3-26-14-7-8-15-13(9-14)10-16(21-15)19(24)22-20-11-12-5-4-6-17(25-2)18(12)23/h4-11,21,23H,3H2,1-2H3,(H,22,24)/b20-11-. The first-order valence-corrected chi connectivity index (χ1v) is 8.07. The van der Waals surface area contributed by atoms with E-state index >= 15 is 0 Å². The Hall–Kier alpha value is -3.48. The van der Waals surface area contributed by atoms with Crippen LogP contribution in [0.2, 0.25) is 0 Å². The number of carbonyl (C=O) groups excluding carboxylic acids is 1. The van der Waals surface area contributed by atoms with E-state index in [2.05, 4.69) is 15.5 Å². The molecule has 0 saturated carbocycles. The molecule has 0 aliphatic carbocycles. The van der Waals surface area contributed by atoms with Crippen LogP contribution in [0, 0.1) is 0 Å². The van der Waals surface area contributed by atoms with Crippen LogP contribution in [-0.2, 0) is 0 Å². The first kappa shape index (κ1) is 17.3. The number of rotatable bonds is 6. The summed E-state index contributed by atoms with van der Waals surface area (Å²) >= 11 is 0. The minimum atomic E-state index is -0.391. The van der Waals surface area contributed by atoms with Crippen molar-refractivity contribution in [3.63, 3.8) is 0 Å². The molecule has 3 N–H and O–H groups in total. The second kappa shape index (κ2) is 7.60. The van der Waals surface area contributed by atoms with Crippen molar-refractivity contribution in [3.8, 4) is 17.2 Å². The lowest BCUT2D eigenvalue weighted by Crippen LogP contribution is -2.17. The molecule has 0 bridgehead atoms. The van der Waals surface area contributed by atoms with Gasteiger partial charge >= 0.3 is 0 Å². The number of ether oxygens (including phenoxy) is 2. The number of benzene rings is 2. The minimum absolute atomic E-state index is 0.0398. The fourth-order valence-electron chi connectivity index (χ4n) is 2.52. The molecule has 0 radical (unpaired) electrons. The summed E-state index contributed by atoms with van der Waals surface area (Å²) in [5, 5.41) is 14.7. The van der Waals surface area contributed by atoms with Crippen molar-refractivity contribution in [3.05, 3.63) is 53.7 Å². The number of aromatic nitrogens is 1. The summed E-state index contributed by atoms with van der Waals surface area (Å²) < 4.78 is 10.5. The topological polar surface area (TPSA) is 95.9 Å². The molecule has 1 heterocycles.